The Bertz CT molecular complexity index is 965. The number of rotatable bonds is 3. The highest BCUT2D eigenvalue weighted by atomic mass is 35.5. The molecule has 0 aliphatic carbocycles. The van der Waals surface area contributed by atoms with Gasteiger partial charge in [0, 0.05) is 10.6 Å². The second-order valence-corrected chi connectivity index (χ2v) is 5.83. The van der Waals surface area contributed by atoms with Crippen LogP contribution in [0.15, 0.2) is 30.3 Å². The van der Waals surface area contributed by atoms with Crippen molar-refractivity contribution in [2.24, 2.45) is 0 Å². The number of aromatic nitrogens is 3. The van der Waals surface area contributed by atoms with Crippen LogP contribution in [0.25, 0.3) is 22.3 Å². The number of benzene rings is 1. The lowest BCUT2D eigenvalue weighted by Crippen LogP contribution is -2.12. The number of alkyl halides is 3. The van der Waals surface area contributed by atoms with Gasteiger partial charge in [-0.1, -0.05) is 23.7 Å². The van der Waals surface area contributed by atoms with Crippen molar-refractivity contribution in [3.63, 3.8) is 0 Å². The third-order valence-electron chi connectivity index (χ3n) is 3.61. The molecule has 0 spiro atoms. The van der Waals surface area contributed by atoms with Gasteiger partial charge < -0.3 is 5.11 Å². The Hall–Kier alpha value is -2.61. The lowest BCUT2D eigenvalue weighted by atomic mass is 10.1. The number of fused-ring (bicyclic) bond motifs is 1. The Morgan fingerprint density at radius 2 is 1.92 bits per heavy atom. The van der Waals surface area contributed by atoms with Crippen molar-refractivity contribution >= 4 is 28.6 Å². The Morgan fingerprint density at radius 3 is 2.48 bits per heavy atom. The summed E-state index contributed by atoms with van der Waals surface area (Å²) in [6.45, 7) is 0.804. The fourth-order valence-corrected chi connectivity index (χ4v) is 2.71. The molecular formula is C16H11ClF3N3O2. The molecule has 2 heterocycles. The molecule has 0 aliphatic rings. The first-order chi connectivity index (χ1) is 11.7. The van der Waals surface area contributed by atoms with E-state index in [1.165, 1.54) is 19.1 Å². The van der Waals surface area contributed by atoms with Crippen molar-refractivity contribution in [1.29, 1.82) is 0 Å². The second-order valence-electron chi connectivity index (χ2n) is 5.40. The second kappa shape index (κ2) is 6.03. The average molecular weight is 370 g/mol. The van der Waals surface area contributed by atoms with Gasteiger partial charge in [-0.15, -0.1) is 0 Å². The zero-order valence-corrected chi connectivity index (χ0v) is 13.6. The van der Waals surface area contributed by atoms with Gasteiger partial charge in [-0.25, -0.2) is 9.67 Å². The van der Waals surface area contributed by atoms with Crippen LogP contribution in [0.4, 0.5) is 13.2 Å². The van der Waals surface area contributed by atoms with Crippen LogP contribution in [-0.4, -0.2) is 25.8 Å². The molecule has 0 saturated carbocycles. The Balaban J connectivity index is 2.32. The topological polar surface area (TPSA) is 68.0 Å². The molecule has 1 N–H and O–H groups in total. The van der Waals surface area contributed by atoms with E-state index in [1.807, 2.05) is 0 Å². The van der Waals surface area contributed by atoms with E-state index < -0.39 is 24.3 Å². The van der Waals surface area contributed by atoms with E-state index in [2.05, 4.69) is 10.1 Å². The predicted molar refractivity (Wildman–Crippen MR) is 85.3 cm³/mol. The zero-order chi connectivity index (χ0) is 18.4. The highest BCUT2D eigenvalue weighted by molar-refractivity contribution is 6.30. The van der Waals surface area contributed by atoms with E-state index in [0.29, 0.717) is 10.6 Å². The maximum absolute atomic E-state index is 13.5. The average Bonchev–Trinajstić information content (AvgIpc) is 2.82. The molecule has 5 nitrogen and oxygen atoms in total. The van der Waals surface area contributed by atoms with Crippen LogP contribution in [-0.2, 0) is 17.5 Å². The van der Waals surface area contributed by atoms with E-state index >= 15 is 0 Å². The number of pyridine rings is 1. The smallest absolute Gasteiger partial charge is 0.417 e. The molecule has 3 aromatic rings. The maximum Gasteiger partial charge on any atom is 0.417 e. The Labute approximate surface area is 144 Å². The van der Waals surface area contributed by atoms with E-state index in [0.717, 1.165) is 10.7 Å². The van der Waals surface area contributed by atoms with Crippen LogP contribution >= 0.6 is 11.6 Å². The van der Waals surface area contributed by atoms with Crippen LogP contribution in [0.1, 0.15) is 11.3 Å². The van der Waals surface area contributed by atoms with Gasteiger partial charge in [-0.3, -0.25) is 4.79 Å². The number of carboxylic acids is 1. The summed E-state index contributed by atoms with van der Waals surface area (Å²) < 4.78 is 41.5. The zero-order valence-electron chi connectivity index (χ0n) is 12.8. The summed E-state index contributed by atoms with van der Waals surface area (Å²) in [4.78, 5) is 15.2. The molecule has 1 aromatic carbocycles. The van der Waals surface area contributed by atoms with E-state index in [-0.39, 0.29) is 22.4 Å². The molecule has 0 bridgehead atoms. The van der Waals surface area contributed by atoms with Gasteiger partial charge >= 0.3 is 12.1 Å². The normalized spacial score (nSPS) is 11.9. The summed E-state index contributed by atoms with van der Waals surface area (Å²) in [7, 11) is 0. The quantitative estimate of drug-likeness (QED) is 0.752. The standard InChI is InChI=1S/C16H11ClF3N3O2/c1-8-14-11(16(18,19)20)6-12(9-2-4-10(17)5-3-9)21-15(14)23(22-8)7-13(24)25/h2-6H,7H2,1H3,(H,24,25). The van der Waals surface area contributed by atoms with Gasteiger partial charge in [-0.2, -0.15) is 18.3 Å². The van der Waals surface area contributed by atoms with Gasteiger partial charge in [0.2, 0.25) is 0 Å². The van der Waals surface area contributed by atoms with Gasteiger partial charge in [0.25, 0.3) is 0 Å². The summed E-state index contributed by atoms with van der Waals surface area (Å²) >= 11 is 5.80. The monoisotopic (exact) mass is 369 g/mol. The molecule has 3 rings (SSSR count). The molecule has 25 heavy (non-hydrogen) atoms. The third-order valence-corrected chi connectivity index (χ3v) is 3.86. The number of halogens is 4. The van der Waals surface area contributed by atoms with Crippen LogP contribution in [0.5, 0.6) is 0 Å². The van der Waals surface area contributed by atoms with E-state index in [1.54, 1.807) is 12.1 Å². The van der Waals surface area contributed by atoms with Crippen LogP contribution < -0.4 is 0 Å². The van der Waals surface area contributed by atoms with E-state index in [9.17, 15) is 18.0 Å². The molecule has 0 atom stereocenters. The highest BCUT2D eigenvalue weighted by Gasteiger charge is 2.35. The maximum atomic E-state index is 13.5. The minimum absolute atomic E-state index is 0.0584. The lowest BCUT2D eigenvalue weighted by Gasteiger charge is -2.11. The SMILES string of the molecule is Cc1nn(CC(=O)O)c2nc(-c3ccc(Cl)cc3)cc(C(F)(F)F)c12. The van der Waals surface area contributed by atoms with Gasteiger partial charge in [-0.05, 0) is 25.1 Å². The first kappa shape index (κ1) is 17.2. The summed E-state index contributed by atoms with van der Waals surface area (Å²) in [6.07, 6.45) is -4.63. The first-order valence-electron chi connectivity index (χ1n) is 7.10. The molecule has 2 aromatic heterocycles. The molecule has 0 unspecified atom stereocenters. The summed E-state index contributed by atoms with van der Waals surface area (Å²) in [5.41, 5.74) is -0.476. The fraction of sp³-hybridized carbons (Fsp3) is 0.188. The lowest BCUT2D eigenvalue weighted by molar-refractivity contribution is -0.138. The van der Waals surface area contributed by atoms with Crippen molar-refractivity contribution in [3.05, 3.63) is 46.6 Å². The highest BCUT2D eigenvalue weighted by Crippen LogP contribution is 2.38. The number of carbonyl (C=O) groups is 1. The minimum atomic E-state index is -4.63. The van der Waals surface area contributed by atoms with Crippen molar-refractivity contribution in [3.8, 4) is 11.3 Å². The molecular weight excluding hydrogens is 359 g/mol. The van der Waals surface area contributed by atoms with Crippen LogP contribution in [0, 0.1) is 6.92 Å². The molecule has 0 radical (unpaired) electrons. The van der Waals surface area contributed by atoms with Gasteiger partial charge in [0.15, 0.2) is 5.65 Å². The Kier molecular flexibility index (Phi) is 4.16. The molecule has 9 heteroatoms. The summed E-state index contributed by atoms with van der Waals surface area (Å²) in [5.74, 6) is -1.23. The molecule has 0 aliphatic heterocycles. The summed E-state index contributed by atoms with van der Waals surface area (Å²) in [6, 6.07) is 7.10. The molecule has 0 amide bonds. The number of nitrogens with zero attached hydrogens (tertiary/aromatic N) is 3. The minimum Gasteiger partial charge on any atom is -0.480 e. The number of hydrogen-bond acceptors (Lipinski definition) is 3. The fourth-order valence-electron chi connectivity index (χ4n) is 2.58. The van der Waals surface area contributed by atoms with Crippen LogP contribution in [0.2, 0.25) is 5.02 Å². The number of hydrogen-bond donors (Lipinski definition) is 1. The number of carboxylic acid groups (broad SMARTS) is 1. The number of aryl methyl sites for hydroxylation is 1. The Morgan fingerprint density at radius 1 is 1.28 bits per heavy atom. The first-order valence-corrected chi connectivity index (χ1v) is 7.47. The largest absolute Gasteiger partial charge is 0.480 e. The third kappa shape index (κ3) is 3.30. The molecule has 0 fully saturated rings. The molecule has 130 valence electrons. The van der Waals surface area contributed by atoms with Gasteiger partial charge in [0.1, 0.15) is 6.54 Å². The molecule has 0 saturated heterocycles. The van der Waals surface area contributed by atoms with Crippen molar-refractivity contribution < 1.29 is 23.1 Å². The van der Waals surface area contributed by atoms with Crippen molar-refractivity contribution in [2.75, 3.05) is 0 Å². The van der Waals surface area contributed by atoms with Crippen LogP contribution in [0.3, 0.4) is 0 Å². The van der Waals surface area contributed by atoms with Crippen molar-refractivity contribution in [2.45, 2.75) is 19.6 Å². The van der Waals surface area contributed by atoms with Gasteiger partial charge in [0.05, 0.1) is 22.3 Å². The van der Waals surface area contributed by atoms with E-state index in [4.69, 9.17) is 16.7 Å². The summed E-state index contributed by atoms with van der Waals surface area (Å²) in [5, 5.41) is 13.1. The predicted octanol–water partition coefficient (Wildman–Crippen LogP) is 4.16. The number of aliphatic carboxylic acids is 1. The van der Waals surface area contributed by atoms with Crippen molar-refractivity contribution in [1.82, 2.24) is 14.8 Å².